The van der Waals surface area contributed by atoms with Crippen molar-refractivity contribution in [2.24, 2.45) is 0 Å². The molecule has 3 aromatic heterocycles. The molecule has 0 amide bonds. The maximum absolute atomic E-state index is 4.83. The lowest BCUT2D eigenvalue weighted by Crippen LogP contribution is -2.19. The summed E-state index contributed by atoms with van der Waals surface area (Å²) in [6.07, 6.45) is 6.37. The fourth-order valence-electron chi connectivity index (χ4n) is 3.31. The van der Waals surface area contributed by atoms with Gasteiger partial charge in [0.1, 0.15) is 5.82 Å². The number of rotatable bonds is 4. The molecular formula is C19H23N5. The smallest absolute Gasteiger partial charge is 0.158 e. The van der Waals surface area contributed by atoms with Crippen molar-refractivity contribution in [3.05, 3.63) is 53.1 Å². The number of fused-ring (bicyclic) bond motifs is 1. The number of aromatic nitrogens is 4. The minimum Gasteiger partial charge on any atom is -0.357 e. The normalized spacial score (nSPS) is 14.7. The zero-order valence-corrected chi connectivity index (χ0v) is 14.4. The van der Waals surface area contributed by atoms with E-state index in [0.29, 0.717) is 0 Å². The van der Waals surface area contributed by atoms with Gasteiger partial charge in [-0.25, -0.2) is 14.5 Å². The molecule has 0 N–H and O–H groups in total. The molecule has 0 aromatic carbocycles. The quantitative estimate of drug-likeness (QED) is 0.741. The summed E-state index contributed by atoms with van der Waals surface area (Å²) in [6, 6.07) is 8.42. The molecule has 5 heteroatoms. The van der Waals surface area contributed by atoms with Crippen LogP contribution >= 0.6 is 0 Å². The van der Waals surface area contributed by atoms with Gasteiger partial charge in [0.15, 0.2) is 5.65 Å². The van der Waals surface area contributed by atoms with Gasteiger partial charge in [-0.05, 0) is 57.7 Å². The van der Waals surface area contributed by atoms with Gasteiger partial charge in [-0.2, -0.15) is 5.10 Å². The Morgan fingerprint density at radius 3 is 2.50 bits per heavy atom. The van der Waals surface area contributed by atoms with Crippen LogP contribution in [0.4, 0.5) is 5.82 Å². The Bertz CT molecular complexity index is 861. The van der Waals surface area contributed by atoms with Crippen LogP contribution in [0.25, 0.3) is 5.65 Å². The Hall–Kier alpha value is -2.43. The van der Waals surface area contributed by atoms with Crippen LogP contribution in [-0.2, 0) is 12.8 Å². The van der Waals surface area contributed by atoms with Crippen LogP contribution in [-0.4, -0.2) is 32.7 Å². The van der Waals surface area contributed by atoms with Crippen LogP contribution in [0.1, 0.15) is 35.5 Å². The molecule has 1 aliphatic heterocycles. The topological polar surface area (TPSA) is 46.3 Å². The molecule has 1 fully saturated rings. The average molecular weight is 321 g/mol. The second kappa shape index (κ2) is 6.23. The number of aryl methyl sites for hydroxylation is 4. The molecular weight excluding hydrogens is 298 g/mol. The lowest BCUT2D eigenvalue weighted by molar-refractivity contribution is 0.844. The van der Waals surface area contributed by atoms with Crippen molar-refractivity contribution in [3.8, 4) is 0 Å². The Morgan fingerprint density at radius 1 is 0.958 bits per heavy atom. The fourth-order valence-corrected chi connectivity index (χ4v) is 3.31. The van der Waals surface area contributed by atoms with Gasteiger partial charge >= 0.3 is 0 Å². The van der Waals surface area contributed by atoms with Crippen LogP contribution in [0.5, 0.6) is 0 Å². The van der Waals surface area contributed by atoms with Crippen LogP contribution in [0.15, 0.2) is 30.5 Å². The standard InChI is InChI=1S/C19H23N5/c1-14-15(2)22-24-13-10-17(21-19(14)24)9-8-16-6-5-7-18(20-16)23-11-3-4-12-23/h5-7,10,13H,3-4,8-9,11-12H2,1-2H3. The SMILES string of the molecule is Cc1nn2ccc(CCc3cccc(N4CCCC4)n3)nc2c1C. The average Bonchev–Trinajstić information content (AvgIpc) is 3.23. The lowest BCUT2D eigenvalue weighted by atomic mass is 10.1. The van der Waals surface area contributed by atoms with E-state index in [-0.39, 0.29) is 0 Å². The summed E-state index contributed by atoms with van der Waals surface area (Å²) in [4.78, 5) is 12.0. The van der Waals surface area contributed by atoms with Crippen molar-refractivity contribution in [2.75, 3.05) is 18.0 Å². The van der Waals surface area contributed by atoms with Crippen molar-refractivity contribution in [1.82, 2.24) is 19.6 Å². The van der Waals surface area contributed by atoms with Crippen molar-refractivity contribution in [2.45, 2.75) is 39.5 Å². The van der Waals surface area contributed by atoms with Gasteiger partial charge in [0.2, 0.25) is 0 Å². The molecule has 4 heterocycles. The summed E-state index contributed by atoms with van der Waals surface area (Å²) in [5.74, 6) is 1.12. The molecule has 124 valence electrons. The third kappa shape index (κ3) is 2.86. The molecule has 0 aliphatic carbocycles. The predicted molar refractivity (Wildman–Crippen MR) is 95.6 cm³/mol. The van der Waals surface area contributed by atoms with Gasteiger partial charge in [-0.15, -0.1) is 0 Å². The molecule has 0 bridgehead atoms. The first-order chi connectivity index (χ1) is 11.7. The van der Waals surface area contributed by atoms with E-state index >= 15 is 0 Å². The zero-order valence-electron chi connectivity index (χ0n) is 14.4. The van der Waals surface area contributed by atoms with E-state index in [9.17, 15) is 0 Å². The first-order valence-electron chi connectivity index (χ1n) is 8.73. The summed E-state index contributed by atoms with van der Waals surface area (Å²) in [6.45, 7) is 6.37. The van der Waals surface area contributed by atoms with Gasteiger partial charge in [0, 0.05) is 36.2 Å². The Labute approximate surface area is 142 Å². The molecule has 4 rings (SSSR count). The molecule has 3 aromatic rings. The maximum atomic E-state index is 4.83. The monoisotopic (exact) mass is 321 g/mol. The Kier molecular flexibility index (Phi) is 3.92. The zero-order chi connectivity index (χ0) is 16.5. The highest BCUT2D eigenvalue weighted by Crippen LogP contribution is 2.18. The summed E-state index contributed by atoms with van der Waals surface area (Å²) in [5.41, 5.74) is 5.40. The summed E-state index contributed by atoms with van der Waals surface area (Å²) >= 11 is 0. The maximum Gasteiger partial charge on any atom is 0.158 e. The minimum atomic E-state index is 0.899. The number of nitrogens with zero attached hydrogens (tertiary/aromatic N) is 5. The highest BCUT2D eigenvalue weighted by atomic mass is 15.2. The van der Waals surface area contributed by atoms with E-state index < -0.39 is 0 Å². The van der Waals surface area contributed by atoms with E-state index in [1.807, 2.05) is 17.6 Å². The molecule has 0 saturated carbocycles. The molecule has 0 unspecified atom stereocenters. The molecule has 0 spiro atoms. The highest BCUT2D eigenvalue weighted by Gasteiger charge is 2.13. The number of hydrogen-bond acceptors (Lipinski definition) is 4. The third-order valence-corrected chi connectivity index (χ3v) is 4.87. The van der Waals surface area contributed by atoms with E-state index in [1.54, 1.807) is 0 Å². The van der Waals surface area contributed by atoms with Crippen LogP contribution in [0.2, 0.25) is 0 Å². The number of hydrogen-bond donors (Lipinski definition) is 0. The van der Waals surface area contributed by atoms with Gasteiger partial charge in [0.25, 0.3) is 0 Å². The van der Waals surface area contributed by atoms with Gasteiger partial charge < -0.3 is 4.90 Å². The van der Waals surface area contributed by atoms with Crippen LogP contribution in [0.3, 0.4) is 0 Å². The van der Waals surface area contributed by atoms with Crippen LogP contribution in [0, 0.1) is 13.8 Å². The first-order valence-corrected chi connectivity index (χ1v) is 8.73. The minimum absolute atomic E-state index is 0.899. The highest BCUT2D eigenvalue weighted by molar-refractivity contribution is 5.49. The van der Waals surface area contributed by atoms with Crippen molar-refractivity contribution < 1.29 is 0 Å². The van der Waals surface area contributed by atoms with E-state index in [4.69, 9.17) is 9.97 Å². The fraction of sp³-hybridized carbons (Fsp3) is 0.421. The van der Waals surface area contributed by atoms with Crippen molar-refractivity contribution >= 4 is 11.5 Å². The van der Waals surface area contributed by atoms with Gasteiger partial charge in [0.05, 0.1) is 5.69 Å². The lowest BCUT2D eigenvalue weighted by Gasteiger charge is -2.16. The first kappa shape index (κ1) is 15.1. The second-order valence-electron chi connectivity index (χ2n) is 6.58. The molecule has 1 saturated heterocycles. The third-order valence-electron chi connectivity index (χ3n) is 4.87. The van der Waals surface area contributed by atoms with Crippen molar-refractivity contribution in [3.63, 3.8) is 0 Å². The Morgan fingerprint density at radius 2 is 1.71 bits per heavy atom. The molecule has 1 aliphatic rings. The van der Waals surface area contributed by atoms with E-state index in [1.165, 1.54) is 12.8 Å². The van der Waals surface area contributed by atoms with Crippen LogP contribution < -0.4 is 4.90 Å². The predicted octanol–water partition coefficient (Wildman–Crippen LogP) is 3.13. The molecule has 0 radical (unpaired) electrons. The Balaban J connectivity index is 1.50. The molecule has 24 heavy (non-hydrogen) atoms. The largest absolute Gasteiger partial charge is 0.357 e. The summed E-state index contributed by atoms with van der Waals surface area (Å²) in [5, 5.41) is 4.46. The van der Waals surface area contributed by atoms with E-state index in [2.05, 4.69) is 41.2 Å². The second-order valence-corrected chi connectivity index (χ2v) is 6.58. The number of anilines is 1. The van der Waals surface area contributed by atoms with Gasteiger partial charge in [-0.1, -0.05) is 6.07 Å². The van der Waals surface area contributed by atoms with E-state index in [0.717, 1.165) is 60.0 Å². The van der Waals surface area contributed by atoms with Gasteiger partial charge in [-0.3, -0.25) is 0 Å². The number of pyridine rings is 1. The summed E-state index contributed by atoms with van der Waals surface area (Å²) in [7, 11) is 0. The molecule has 5 nitrogen and oxygen atoms in total. The summed E-state index contributed by atoms with van der Waals surface area (Å²) < 4.78 is 1.86. The van der Waals surface area contributed by atoms with Crippen molar-refractivity contribution in [1.29, 1.82) is 0 Å². The molecule has 0 atom stereocenters.